The maximum atomic E-state index is 13.7. The lowest BCUT2D eigenvalue weighted by atomic mass is 9.99. The first-order chi connectivity index (χ1) is 13.6. The van der Waals surface area contributed by atoms with E-state index in [9.17, 15) is 28.2 Å². The predicted octanol–water partition coefficient (Wildman–Crippen LogP) is 3.94. The minimum absolute atomic E-state index is 0.300. The number of para-hydroxylation sites is 1. The first-order valence-electron chi connectivity index (χ1n) is 8.45. The molecule has 10 heteroatoms. The Kier molecular flexibility index (Phi) is 6.13. The molecule has 0 spiro atoms. The van der Waals surface area contributed by atoms with Crippen molar-refractivity contribution in [3.8, 4) is 0 Å². The number of hydrogen-bond donors (Lipinski definition) is 3. The van der Waals surface area contributed by atoms with E-state index in [-0.39, 0.29) is 6.54 Å². The zero-order chi connectivity index (χ0) is 21.2. The van der Waals surface area contributed by atoms with E-state index in [0.717, 1.165) is 0 Å². The van der Waals surface area contributed by atoms with Crippen molar-refractivity contribution in [3.05, 3.63) is 64.1 Å². The van der Waals surface area contributed by atoms with Gasteiger partial charge in [-0.1, -0.05) is 35.9 Å². The van der Waals surface area contributed by atoms with E-state index in [1.807, 2.05) is 0 Å². The number of aliphatic hydroxyl groups is 2. The lowest BCUT2D eigenvalue weighted by Crippen LogP contribution is -2.46. The van der Waals surface area contributed by atoms with E-state index in [0.29, 0.717) is 32.1 Å². The number of fused-ring (bicyclic) bond motifs is 1. The van der Waals surface area contributed by atoms with E-state index in [1.165, 1.54) is 30.3 Å². The summed E-state index contributed by atoms with van der Waals surface area (Å²) in [6.45, 7) is -0.325. The van der Waals surface area contributed by atoms with Gasteiger partial charge in [0.05, 0.1) is 22.7 Å². The highest BCUT2D eigenvalue weighted by Crippen LogP contribution is 2.44. The van der Waals surface area contributed by atoms with E-state index in [1.54, 1.807) is 18.2 Å². The molecule has 0 saturated carbocycles. The molecular formula is C19H16ClF3N2O3S. The number of halogens is 4. The van der Waals surface area contributed by atoms with Crippen molar-refractivity contribution in [2.24, 2.45) is 0 Å². The molecule has 0 saturated heterocycles. The van der Waals surface area contributed by atoms with Gasteiger partial charge in [0.15, 0.2) is 0 Å². The molecule has 2 unspecified atom stereocenters. The number of aliphatic hydroxyl groups excluding tert-OH is 1. The highest BCUT2D eigenvalue weighted by Gasteiger charge is 2.58. The normalized spacial score (nSPS) is 15.1. The van der Waals surface area contributed by atoms with Crippen LogP contribution in [-0.2, 0) is 10.4 Å². The summed E-state index contributed by atoms with van der Waals surface area (Å²) in [7, 11) is 0. The van der Waals surface area contributed by atoms with Crippen LogP contribution >= 0.6 is 22.9 Å². The Hall–Kier alpha value is -2.20. The van der Waals surface area contributed by atoms with Crippen LogP contribution in [0, 0.1) is 0 Å². The van der Waals surface area contributed by atoms with Crippen molar-refractivity contribution in [1.82, 2.24) is 10.3 Å². The molecule has 0 aliphatic heterocycles. The third kappa shape index (κ3) is 4.69. The minimum atomic E-state index is -5.12. The molecule has 1 heterocycles. The van der Waals surface area contributed by atoms with Crippen LogP contribution in [0.4, 0.5) is 13.2 Å². The Balaban J connectivity index is 1.74. The Morgan fingerprint density at radius 1 is 1.17 bits per heavy atom. The van der Waals surface area contributed by atoms with Crippen LogP contribution in [0.25, 0.3) is 10.2 Å². The number of carbonyl (C=O) groups is 1. The molecule has 0 fully saturated rings. The molecule has 2 atom stereocenters. The van der Waals surface area contributed by atoms with Crippen LogP contribution in [0.2, 0.25) is 5.02 Å². The monoisotopic (exact) mass is 444 g/mol. The zero-order valence-corrected chi connectivity index (χ0v) is 16.4. The second kappa shape index (κ2) is 8.27. The molecule has 3 aromatic rings. The average molecular weight is 445 g/mol. The lowest BCUT2D eigenvalue weighted by Gasteiger charge is -2.28. The van der Waals surface area contributed by atoms with Gasteiger partial charge >= 0.3 is 6.18 Å². The summed E-state index contributed by atoms with van der Waals surface area (Å²) in [5.74, 6) is -1.07. The molecule has 1 aromatic heterocycles. The van der Waals surface area contributed by atoms with Crippen molar-refractivity contribution < 1.29 is 28.2 Å². The van der Waals surface area contributed by atoms with Gasteiger partial charge < -0.3 is 15.5 Å². The fraction of sp³-hybridized carbons (Fsp3) is 0.263. The second-order valence-corrected chi connectivity index (χ2v) is 7.86. The molecule has 29 heavy (non-hydrogen) atoms. The summed E-state index contributed by atoms with van der Waals surface area (Å²) in [5, 5.41) is 22.5. The molecule has 2 aromatic carbocycles. The molecule has 0 aliphatic rings. The third-order valence-electron chi connectivity index (χ3n) is 4.28. The van der Waals surface area contributed by atoms with E-state index in [4.69, 9.17) is 11.6 Å². The van der Waals surface area contributed by atoms with Crippen LogP contribution < -0.4 is 5.32 Å². The van der Waals surface area contributed by atoms with Crippen LogP contribution in [-0.4, -0.2) is 33.8 Å². The van der Waals surface area contributed by atoms with Crippen LogP contribution in [0.1, 0.15) is 23.1 Å². The Bertz CT molecular complexity index is 977. The number of thiazole rings is 1. The van der Waals surface area contributed by atoms with Crippen LogP contribution in [0.3, 0.4) is 0 Å². The van der Waals surface area contributed by atoms with Gasteiger partial charge in [-0.05, 0) is 29.8 Å². The molecule has 0 bridgehead atoms. The standard InChI is InChI=1S/C19H16ClF3N2O3S/c20-12-7-5-11(6-8-12)14(26)10-24-16(27)9-18(28,19(21,22)23)17-25-13-3-1-2-4-15(13)29-17/h1-8,14,26,28H,9-10H2,(H,24,27). The number of nitrogens with one attached hydrogen (secondary N) is 1. The summed E-state index contributed by atoms with van der Waals surface area (Å²) in [6, 6.07) is 12.5. The van der Waals surface area contributed by atoms with Gasteiger partial charge in [-0.25, -0.2) is 4.98 Å². The van der Waals surface area contributed by atoms with Crippen molar-refractivity contribution in [1.29, 1.82) is 0 Å². The Morgan fingerprint density at radius 2 is 1.83 bits per heavy atom. The largest absolute Gasteiger partial charge is 0.424 e. The maximum absolute atomic E-state index is 13.7. The van der Waals surface area contributed by atoms with Crippen LogP contribution in [0.5, 0.6) is 0 Å². The van der Waals surface area contributed by atoms with Crippen molar-refractivity contribution in [3.63, 3.8) is 0 Å². The lowest BCUT2D eigenvalue weighted by molar-refractivity contribution is -0.267. The Labute approximate surface area is 172 Å². The summed E-state index contributed by atoms with van der Waals surface area (Å²) in [5.41, 5.74) is -2.70. The van der Waals surface area contributed by atoms with Gasteiger partial charge in [0.25, 0.3) is 0 Å². The summed E-state index contributed by atoms with van der Waals surface area (Å²) in [4.78, 5) is 16.0. The number of nitrogens with zero attached hydrogens (tertiary/aromatic N) is 1. The first kappa shape index (κ1) is 21.5. The summed E-state index contributed by atoms with van der Waals surface area (Å²) in [6.07, 6.45) is -7.53. The molecule has 154 valence electrons. The number of alkyl halides is 3. The van der Waals surface area contributed by atoms with Gasteiger partial charge in [0.1, 0.15) is 5.01 Å². The molecule has 0 radical (unpaired) electrons. The van der Waals surface area contributed by atoms with E-state index >= 15 is 0 Å². The SMILES string of the molecule is O=C(CC(O)(c1nc2ccccc2s1)C(F)(F)F)NCC(O)c1ccc(Cl)cc1. The highest BCUT2D eigenvalue weighted by molar-refractivity contribution is 7.18. The zero-order valence-electron chi connectivity index (χ0n) is 14.8. The van der Waals surface area contributed by atoms with Gasteiger partial charge in [0, 0.05) is 11.6 Å². The number of benzene rings is 2. The third-order valence-corrected chi connectivity index (χ3v) is 5.72. The number of amides is 1. The Morgan fingerprint density at radius 3 is 2.45 bits per heavy atom. The topological polar surface area (TPSA) is 82.5 Å². The smallest absolute Gasteiger partial charge is 0.387 e. The first-order valence-corrected chi connectivity index (χ1v) is 9.65. The van der Waals surface area contributed by atoms with Gasteiger partial charge in [-0.15, -0.1) is 11.3 Å². The minimum Gasteiger partial charge on any atom is -0.387 e. The quantitative estimate of drug-likeness (QED) is 0.538. The number of rotatable bonds is 6. The van der Waals surface area contributed by atoms with E-state index in [2.05, 4.69) is 10.3 Å². The molecule has 1 amide bonds. The summed E-state index contributed by atoms with van der Waals surface area (Å²) < 4.78 is 41.4. The molecule has 3 N–H and O–H groups in total. The molecule has 3 rings (SSSR count). The average Bonchev–Trinajstić information content (AvgIpc) is 3.10. The van der Waals surface area contributed by atoms with Gasteiger partial charge in [-0.2, -0.15) is 13.2 Å². The number of carbonyl (C=O) groups excluding carboxylic acids is 1. The molecular weight excluding hydrogens is 429 g/mol. The van der Waals surface area contributed by atoms with Gasteiger partial charge in [-0.3, -0.25) is 4.79 Å². The molecule has 0 aliphatic carbocycles. The second-order valence-electron chi connectivity index (χ2n) is 6.39. The predicted molar refractivity (Wildman–Crippen MR) is 104 cm³/mol. The van der Waals surface area contributed by atoms with Gasteiger partial charge in [0.2, 0.25) is 11.5 Å². The fourth-order valence-corrected chi connectivity index (χ4v) is 3.85. The van der Waals surface area contributed by atoms with Crippen molar-refractivity contribution in [2.45, 2.75) is 24.3 Å². The maximum Gasteiger partial charge on any atom is 0.424 e. The number of aromatic nitrogens is 1. The van der Waals surface area contributed by atoms with Crippen molar-refractivity contribution in [2.75, 3.05) is 6.54 Å². The highest BCUT2D eigenvalue weighted by atomic mass is 35.5. The molecule has 5 nitrogen and oxygen atoms in total. The number of hydrogen-bond acceptors (Lipinski definition) is 5. The van der Waals surface area contributed by atoms with Crippen molar-refractivity contribution >= 4 is 39.1 Å². The van der Waals surface area contributed by atoms with Crippen LogP contribution in [0.15, 0.2) is 48.5 Å². The fourth-order valence-electron chi connectivity index (χ4n) is 2.65. The van der Waals surface area contributed by atoms with E-state index < -0.39 is 35.2 Å². The summed E-state index contributed by atoms with van der Waals surface area (Å²) >= 11 is 6.43.